The zero-order valence-electron chi connectivity index (χ0n) is 27.9. The van der Waals surface area contributed by atoms with E-state index in [9.17, 15) is 14.9 Å². The number of nitro groups is 1. The number of hydrogen-bond donors (Lipinski definition) is 3. The molecule has 7 rings (SSSR count). The van der Waals surface area contributed by atoms with Crippen LogP contribution < -0.4 is 25.6 Å². The summed E-state index contributed by atoms with van der Waals surface area (Å²) in [6.07, 6.45) is 8.75. The van der Waals surface area contributed by atoms with Crippen molar-refractivity contribution in [3.05, 3.63) is 69.4 Å². The van der Waals surface area contributed by atoms with Gasteiger partial charge in [-0.2, -0.15) is 4.98 Å². The molecule has 2 heterocycles. The smallest absolute Gasteiger partial charge is 0.269 e. The van der Waals surface area contributed by atoms with Gasteiger partial charge in [-0.3, -0.25) is 19.8 Å². The number of aromatic nitrogens is 2. The van der Waals surface area contributed by atoms with E-state index in [1.54, 1.807) is 19.2 Å². The van der Waals surface area contributed by atoms with Crippen LogP contribution >= 0.6 is 11.6 Å². The first-order valence-electron chi connectivity index (χ1n) is 17.5. The molecule has 1 unspecified atom stereocenters. The van der Waals surface area contributed by atoms with Gasteiger partial charge in [0.25, 0.3) is 5.69 Å². The van der Waals surface area contributed by atoms with Crippen LogP contribution in [0.5, 0.6) is 5.75 Å². The number of hydrogen-bond acceptors (Lipinski definition) is 10. The van der Waals surface area contributed by atoms with Crippen molar-refractivity contribution in [2.24, 2.45) is 29.6 Å². The molecule has 260 valence electrons. The van der Waals surface area contributed by atoms with Crippen LogP contribution in [-0.2, 0) is 11.3 Å². The summed E-state index contributed by atoms with van der Waals surface area (Å²) < 4.78 is 5.73. The number of amides is 1. The van der Waals surface area contributed by atoms with Crippen molar-refractivity contribution in [3.8, 4) is 5.75 Å². The van der Waals surface area contributed by atoms with Crippen molar-refractivity contribution in [2.45, 2.75) is 45.1 Å². The molecule has 1 aliphatic heterocycles. The van der Waals surface area contributed by atoms with Gasteiger partial charge < -0.3 is 25.6 Å². The van der Waals surface area contributed by atoms with Crippen LogP contribution in [-0.4, -0.2) is 72.1 Å². The average Bonchev–Trinajstić information content (AvgIpc) is 3.77. The topological polar surface area (TPSA) is 138 Å². The van der Waals surface area contributed by atoms with Crippen molar-refractivity contribution < 1.29 is 14.5 Å². The van der Waals surface area contributed by atoms with Gasteiger partial charge in [0.2, 0.25) is 11.9 Å². The Morgan fingerprint density at radius 3 is 2.76 bits per heavy atom. The molecule has 13 heteroatoms. The number of piperazine rings is 1. The number of nitrogens with zero attached hydrogens (tertiary/aromatic N) is 5. The number of ether oxygens (including phenoxy) is 1. The standard InChI is InChI=1S/C36H45ClN8O4/c1-49-33-19-26(7-9-32(33)41-36-40-22-31(37)35(42-36)39-21-23-4-2-5-27(16-23)45(47)48)44-14-12-43(13-15-44)11-3-10-38-34(46)20-30-25-17-24-6-8-28(30)29(24)18-25/h2,4-5,7,9,16,19,22,24-25,28-30H,3,6,8,10-15,17-18,20-21H2,1H3,(H,38,46)(H2,39,40,41,42)/t24-,25+,28-,29-,30?/m1/s1. The van der Waals surface area contributed by atoms with Gasteiger partial charge in [-0.25, -0.2) is 4.98 Å². The molecule has 4 fully saturated rings. The molecule has 0 radical (unpaired) electrons. The average molecular weight is 689 g/mol. The van der Waals surface area contributed by atoms with Gasteiger partial charge in [-0.05, 0) is 85.9 Å². The van der Waals surface area contributed by atoms with Gasteiger partial charge in [-0.1, -0.05) is 23.7 Å². The van der Waals surface area contributed by atoms with Gasteiger partial charge in [0, 0.05) is 69.6 Å². The number of rotatable bonds is 14. The summed E-state index contributed by atoms with van der Waals surface area (Å²) >= 11 is 6.35. The molecule has 2 bridgehead atoms. The van der Waals surface area contributed by atoms with Crippen LogP contribution in [0.3, 0.4) is 0 Å². The van der Waals surface area contributed by atoms with Crippen molar-refractivity contribution in [3.63, 3.8) is 0 Å². The maximum Gasteiger partial charge on any atom is 0.269 e. The Kier molecular flexibility index (Phi) is 10.0. The zero-order chi connectivity index (χ0) is 33.9. The number of methoxy groups -OCH3 is 1. The summed E-state index contributed by atoms with van der Waals surface area (Å²) in [5.74, 6) is 5.86. The molecule has 3 saturated carbocycles. The minimum atomic E-state index is -0.422. The number of nitrogens with one attached hydrogen (secondary N) is 3. The zero-order valence-corrected chi connectivity index (χ0v) is 28.7. The summed E-state index contributed by atoms with van der Waals surface area (Å²) in [6, 6.07) is 12.4. The molecule has 3 aliphatic carbocycles. The predicted octanol–water partition coefficient (Wildman–Crippen LogP) is 6.10. The Bertz CT molecular complexity index is 1670. The SMILES string of the molecule is COc1cc(N2CCN(CCCNC(=O)CC3[C@H]4C[C@H]5CC[C@@H]3[C@@H]5C4)CC2)ccc1Nc1ncc(Cl)c(NCc2cccc([N+](=O)[O-])c2)n1. The van der Waals surface area contributed by atoms with Gasteiger partial charge in [0.1, 0.15) is 10.8 Å². The summed E-state index contributed by atoms with van der Waals surface area (Å²) in [6.45, 7) is 5.81. The van der Waals surface area contributed by atoms with Gasteiger partial charge in [0.05, 0.1) is 23.9 Å². The Morgan fingerprint density at radius 1 is 1.08 bits per heavy atom. The van der Waals surface area contributed by atoms with E-state index in [1.165, 1.54) is 44.0 Å². The first-order chi connectivity index (χ1) is 23.8. The lowest BCUT2D eigenvalue weighted by Crippen LogP contribution is -2.47. The minimum Gasteiger partial charge on any atom is -0.494 e. The van der Waals surface area contributed by atoms with E-state index in [4.69, 9.17) is 16.3 Å². The highest BCUT2D eigenvalue weighted by Gasteiger charge is 2.55. The van der Waals surface area contributed by atoms with Gasteiger partial charge in [0.15, 0.2) is 5.82 Å². The largest absolute Gasteiger partial charge is 0.494 e. The first-order valence-corrected chi connectivity index (χ1v) is 17.9. The van der Waals surface area contributed by atoms with Crippen LogP contribution in [0, 0.1) is 39.7 Å². The molecule has 49 heavy (non-hydrogen) atoms. The molecule has 1 aromatic heterocycles. The third-order valence-corrected chi connectivity index (χ3v) is 11.5. The summed E-state index contributed by atoms with van der Waals surface area (Å²) in [7, 11) is 1.64. The highest BCUT2D eigenvalue weighted by atomic mass is 35.5. The molecule has 1 saturated heterocycles. The lowest BCUT2D eigenvalue weighted by molar-refractivity contribution is -0.384. The molecule has 5 atom stereocenters. The Hall–Kier alpha value is -4.16. The fraction of sp³-hybridized carbons (Fsp3) is 0.528. The molecular weight excluding hydrogens is 644 g/mol. The van der Waals surface area contributed by atoms with E-state index in [1.807, 2.05) is 12.1 Å². The van der Waals surface area contributed by atoms with E-state index >= 15 is 0 Å². The summed E-state index contributed by atoms with van der Waals surface area (Å²) in [5.41, 5.74) is 2.55. The maximum atomic E-state index is 12.7. The van der Waals surface area contributed by atoms with Crippen LogP contribution in [0.25, 0.3) is 0 Å². The van der Waals surface area contributed by atoms with Crippen LogP contribution in [0.1, 0.15) is 44.1 Å². The predicted molar refractivity (Wildman–Crippen MR) is 191 cm³/mol. The fourth-order valence-corrected chi connectivity index (χ4v) is 9.05. The van der Waals surface area contributed by atoms with Gasteiger partial charge in [-0.15, -0.1) is 0 Å². The van der Waals surface area contributed by atoms with Crippen molar-refractivity contribution in [1.82, 2.24) is 20.2 Å². The van der Waals surface area contributed by atoms with E-state index in [-0.39, 0.29) is 11.6 Å². The minimum absolute atomic E-state index is 0.0245. The second-order valence-electron chi connectivity index (χ2n) is 14.0. The number of non-ortho nitro benzene ring substituents is 1. The monoisotopic (exact) mass is 688 g/mol. The van der Waals surface area contributed by atoms with Crippen LogP contribution in [0.4, 0.5) is 28.8 Å². The molecule has 3 aromatic rings. The first kappa shape index (κ1) is 33.3. The second-order valence-corrected chi connectivity index (χ2v) is 14.4. The number of anilines is 4. The fourth-order valence-electron chi connectivity index (χ4n) is 8.89. The Morgan fingerprint density at radius 2 is 1.94 bits per heavy atom. The van der Waals surface area contributed by atoms with E-state index in [0.29, 0.717) is 40.7 Å². The molecule has 2 aromatic carbocycles. The molecular formula is C36H45ClN8O4. The lowest BCUT2D eigenvalue weighted by Gasteiger charge is -2.36. The van der Waals surface area contributed by atoms with E-state index < -0.39 is 4.92 Å². The number of halogens is 1. The van der Waals surface area contributed by atoms with Crippen LogP contribution in [0.15, 0.2) is 48.7 Å². The second kappa shape index (κ2) is 14.8. The number of benzene rings is 2. The molecule has 0 spiro atoms. The maximum absolute atomic E-state index is 12.7. The summed E-state index contributed by atoms with van der Waals surface area (Å²) in [5, 5.41) is 21.0. The highest BCUT2D eigenvalue weighted by molar-refractivity contribution is 6.32. The van der Waals surface area contributed by atoms with Crippen molar-refractivity contribution in [2.75, 3.05) is 61.9 Å². The summed E-state index contributed by atoms with van der Waals surface area (Å²) in [4.78, 5) is 37.1. The number of carbonyl (C=O) groups excluding carboxylic acids is 1. The lowest BCUT2D eigenvalue weighted by atomic mass is 9.78. The number of fused-ring (bicyclic) bond motifs is 1. The normalized spacial score (nSPS) is 24.2. The quantitative estimate of drug-likeness (QED) is 0.103. The molecule has 4 aliphatic rings. The molecule has 1 amide bonds. The third kappa shape index (κ3) is 7.55. The number of nitro benzene ring substituents is 1. The number of carbonyl (C=O) groups is 1. The molecule has 12 nitrogen and oxygen atoms in total. The third-order valence-electron chi connectivity index (χ3n) is 11.3. The van der Waals surface area contributed by atoms with Crippen LogP contribution in [0.2, 0.25) is 5.02 Å². The van der Waals surface area contributed by atoms with Gasteiger partial charge >= 0.3 is 0 Å². The Balaban J connectivity index is 0.859. The highest BCUT2D eigenvalue weighted by Crippen LogP contribution is 2.63. The van der Waals surface area contributed by atoms with Crippen molar-refractivity contribution >= 4 is 46.3 Å². The van der Waals surface area contributed by atoms with Crippen molar-refractivity contribution in [1.29, 1.82) is 0 Å². The molecule has 3 N–H and O–H groups in total. The van der Waals surface area contributed by atoms with E-state index in [0.717, 1.165) is 87.0 Å². The Labute approximate surface area is 292 Å². The van der Waals surface area contributed by atoms with E-state index in [2.05, 4.69) is 41.8 Å².